The number of nitriles is 1. The van der Waals surface area contributed by atoms with E-state index in [1.54, 1.807) is 24.3 Å². The third-order valence-corrected chi connectivity index (χ3v) is 7.84. The highest BCUT2D eigenvalue weighted by molar-refractivity contribution is 6.08. The summed E-state index contributed by atoms with van der Waals surface area (Å²) in [5.41, 5.74) is 2.10. The lowest BCUT2D eigenvalue weighted by Crippen LogP contribution is -2.59. The molecule has 2 aliphatic rings. The van der Waals surface area contributed by atoms with Crippen molar-refractivity contribution in [3.05, 3.63) is 83.2 Å². The van der Waals surface area contributed by atoms with Crippen molar-refractivity contribution in [1.82, 2.24) is 10.2 Å². The van der Waals surface area contributed by atoms with Gasteiger partial charge in [0, 0.05) is 49.6 Å². The van der Waals surface area contributed by atoms with E-state index in [0.29, 0.717) is 60.1 Å². The predicted molar refractivity (Wildman–Crippen MR) is 151 cm³/mol. The highest BCUT2D eigenvalue weighted by Gasteiger charge is 2.51. The van der Waals surface area contributed by atoms with Gasteiger partial charge in [-0.15, -0.1) is 0 Å². The average molecular weight is 542 g/mol. The maximum Gasteiger partial charge on any atom is 0.249 e. The molecular formula is C31H32FN5O3. The highest BCUT2D eigenvalue weighted by Crippen LogP contribution is 2.47. The van der Waals surface area contributed by atoms with Crippen LogP contribution in [0.1, 0.15) is 49.8 Å². The van der Waals surface area contributed by atoms with Gasteiger partial charge < -0.3 is 20.7 Å². The third kappa shape index (κ3) is 4.98. The van der Waals surface area contributed by atoms with Crippen LogP contribution in [-0.4, -0.2) is 42.4 Å². The Hall–Kier alpha value is -4.42. The van der Waals surface area contributed by atoms with Crippen molar-refractivity contribution in [2.24, 2.45) is 0 Å². The number of hydrogen-bond donors (Lipinski definition) is 3. The molecule has 40 heavy (non-hydrogen) atoms. The molecule has 0 aliphatic carbocycles. The highest BCUT2D eigenvalue weighted by atomic mass is 19.1. The van der Waals surface area contributed by atoms with Crippen molar-refractivity contribution in [2.75, 3.05) is 30.3 Å². The average Bonchev–Trinajstić information content (AvgIpc) is 3.20. The minimum absolute atomic E-state index is 0.0907. The monoisotopic (exact) mass is 541 g/mol. The largest absolute Gasteiger partial charge is 0.457 e. The Morgan fingerprint density at radius 1 is 1.23 bits per heavy atom. The number of carbonyl (C=O) groups excluding carboxylic acids is 2. The van der Waals surface area contributed by atoms with Crippen LogP contribution < -0.4 is 20.7 Å². The molecule has 0 radical (unpaired) electrons. The second kappa shape index (κ2) is 11.0. The molecule has 3 aromatic carbocycles. The molecule has 1 saturated heterocycles. The van der Waals surface area contributed by atoms with Crippen LogP contribution in [-0.2, 0) is 15.1 Å². The molecule has 1 unspecified atom stereocenters. The first-order chi connectivity index (χ1) is 19.2. The zero-order valence-corrected chi connectivity index (χ0v) is 22.8. The summed E-state index contributed by atoms with van der Waals surface area (Å²) < 4.78 is 20.9. The molecule has 2 amide bonds. The summed E-state index contributed by atoms with van der Waals surface area (Å²) in [5.74, 6) is 0.353. The van der Waals surface area contributed by atoms with Gasteiger partial charge in [-0.25, -0.2) is 4.39 Å². The van der Waals surface area contributed by atoms with Gasteiger partial charge in [0.05, 0.1) is 23.0 Å². The molecule has 0 bridgehead atoms. The molecule has 5 rings (SSSR count). The topological polar surface area (TPSA) is 106 Å². The lowest BCUT2D eigenvalue weighted by atomic mass is 9.81. The summed E-state index contributed by atoms with van der Waals surface area (Å²) in [5, 5.41) is 18.3. The minimum atomic E-state index is -1.11. The van der Waals surface area contributed by atoms with Crippen molar-refractivity contribution in [1.29, 1.82) is 5.26 Å². The number of ether oxygens (including phenoxy) is 1. The third-order valence-electron chi connectivity index (χ3n) is 7.84. The van der Waals surface area contributed by atoms with Crippen LogP contribution in [0, 0.1) is 17.1 Å². The maximum absolute atomic E-state index is 14.7. The van der Waals surface area contributed by atoms with E-state index in [1.807, 2.05) is 43.0 Å². The zero-order chi connectivity index (χ0) is 28.4. The number of nitrogens with one attached hydrogen (secondary N) is 3. The fourth-order valence-electron chi connectivity index (χ4n) is 5.87. The number of fused-ring (bicyclic) bond motifs is 1. The maximum atomic E-state index is 14.7. The van der Waals surface area contributed by atoms with Crippen molar-refractivity contribution in [2.45, 2.75) is 44.7 Å². The summed E-state index contributed by atoms with van der Waals surface area (Å²) >= 11 is 0. The number of benzene rings is 3. The minimum Gasteiger partial charge on any atom is -0.457 e. The second-order valence-electron chi connectivity index (χ2n) is 10.4. The van der Waals surface area contributed by atoms with Gasteiger partial charge in [-0.05, 0) is 62.7 Å². The van der Waals surface area contributed by atoms with Crippen molar-refractivity contribution in [3.8, 4) is 17.6 Å². The van der Waals surface area contributed by atoms with Crippen LogP contribution in [0.5, 0.6) is 11.5 Å². The van der Waals surface area contributed by atoms with E-state index in [4.69, 9.17) is 10.00 Å². The number of amides is 2. The van der Waals surface area contributed by atoms with E-state index >= 15 is 0 Å². The summed E-state index contributed by atoms with van der Waals surface area (Å²) in [7, 11) is 0. The predicted octanol–water partition coefficient (Wildman–Crippen LogP) is 5.08. The number of para-hydroxylation sites is 1. The van der Waals surface area contributed by atoms with Crippen molar-refractivity contribution < 1.29 is 18.7 Å². The molecule has 3 N–H and O–H groups in total. The van der Waals surface area contributed by atoms with E-state index in [1.165, 1.54) is 19.1 Å². The molecule has 9 heteroatoms. The Bertz CT molecular complexity index is 1490. The van der Waals surface area contributed by atoms with Gasteiger partial charge >= 0.3 is 0 Å². The smallest absolute Gasteiger partial charge is 0.249 e. The number of carbonyl (C=O) groups is 2. The van der Waals surface area contributed by atoms with E-state index in [0.717, 1.165) is 5.56 Å². The summed E-state index contributed by atoms with van der Waals surface area (Å²) in [4.78, 5) is 27.8. The van der Waals surface area contributed by atoms with Crippen molar-refractivity contribution in [3.63, 3.8) is 0 Å². The number of hydrogen-bond acceptors (Lipinski definition) is 6. The molecule has 0 spiro atoms. The lowest BCUT2D eigenvalue weighted by Gasteiger charge is -2.45. The Labute approximate surface area is 233 Å². The summed E-state index contributed by atoms with van der Waals surface area (Å²) in [6.45, 7) is 6.72. The van der Waals surface area contributed by atoms with Gasteiger partial charge in [0.2, 0.25) is 11.8 Å². The summed E-state index contributed by atoms with van der Waals surface area (Å²) in [6, 6.07) is 19.2. The standard InChI is InChI=1S/C31H32FN5O3/c1-4-34-26-16-21(32)15-25-29(26)36-30(39)31(25,3)37-14-13-23(27(18-37)35-19(2)38)24-7-5-6-8-28(24)40-22-11-9-20(17-33)10-12-22/h5-12,15-16,23,27,34H,4,13-14,18H2,1-3H3,(H,35,38)(H,36,39)/t23-,27+,31?/m1/s1. The number of rotatable bonds is 7. The van der Waals surface area contributed by atoms with Gasteiger partial charge in [-0.3, -0.25) is 14.5 Å². The van der Waals surface area contributed by atoms with Crippen LogP contribution in [0.2, 0.25) is 0 Å². The first-order valence-electron chi connectivity index (χ1n) is 13.4. The Morgan fingerprint density at radius 2 is 1.98 bits per heavy atom. The van der Waals surface area contributed by atoms with Crippen molar-refractivity contribution >= 4 is 23.2 Å². The number of anilines is 2. The van der Waals surface area contributed by atoms with Gasteiger partial charge in [-0.1, -0.05) is 18.2 Å². The fourth-order valence-corrected chi connectivity index (χ4v) is 5.87. The number of nitrogens with zero attached hydrogens (tertiary/aromatic N) is 2. The quantitative estimate of drug-likeness (QED) is 0.385. The van der Waals surface area contributed by atoms with E-state index < -0.39 is 11.4 Å². The summed E-state index contributed by atoms with van der Waals surface area (Å²) in [6.07, 6.45) is 0.631. The van der Waals surface area contributed by atoms with E-state index in [-0.39, 0.29) is 23.8 Å². The molecule has 1 fully saturated rings. The van der Waals surface area contributed by atoms with Crippen LogP contribution in [0.4, 0.5) is 15.8 Å². The molecule has 0 aromatic heterocycles. The molecule has 3 aromatic rings. The van der Waals surface area contributed by atoms with E-state index in [2.05, 4.69) is 22.0 Å². The van der Waals surface area contributed by atoms with Gasteiger partial charge in [0.25, 0.3) is 0 Å². The van der Waals surface area contributed by atoms with Gasteiger partial charge in [0.15, 0.2) is 0 Å². The van der Waals surface area contributed by atoms with Gasteiger partial charge in [-0.2, -0.15) is 5.26 Å². The normalized spacial score (nSPS) is 22.1. The number of halogens is 1. The molecule has 206 valence electrons. The van der Waals surface area contributed by atoms with Crippen LogP contribution in [0.25, 0.3) is 0 Å². The molecular weight excluding hydrogens is 509 g/mol. The Balaban J connectivity index is 1.46. The lowest BCUT2D eigenvalue weighted by molar-refractivity contribution is -0.128. The second-order valence-corrected chi connectivity index (χ2v) is 10.4. The molecule has 8 nitrogen and oxygen atoms in total. The molecule has 2 heterocycles. The Morgan fingerprint density at radius 3 is 2.67 bits per heavy atom. The molecule has 0 saturated carbocycles. The Kier molecular flexibility index (Phi) is 7.46. The molecule has 3 atom stereocenters. The van der Waals surface area contributed by atoms with E-state index in [9.17, 15) is 14.0 Å². The van der Waals surface area contributed by atoms with Crippen LogP contribution >= 0.6 is 0 Å². The SMILES string of the molecule is CCNc1cc(F)cc2c1NC(=O)C2(C)N1CC[C@H](c2ccccc2Oc2ccc(C#N)cc2)[C@@H](NC(C)=O)C1. The number of likely N-dealkylation sites (tertiary alicyclic amines) is 1. The fraction of sp³-hybridized carbons (Fsp3) is 0.323. The zero-order valence-electron chi connectivity index (χ0n) is 22.8. The molecule has 2 aliphatic heterocycles. The first kappa shape index (κ1) is 27.2. The van der Waals surface area contributed by atoms with Crippen LogP contribution in [0.15, 0.2) is 60.7 Å². The van der Waals surface area contributed by atoms with Crippen LogP contribution in [0.3, 0.4) is 0 Å². The van der Waals surface area contributed by atoms with Gasteiger partial charge in [0.1, 0.15) is 22.9 Å². The number of piperidine rings is 1. The first-order valence-corrected chi connectivity index (χ1v) is 13.4.